The first kappa shape index (κ1) is 22.5. The fourth-order valence-electron chi connectivity index (χ4n) is 3.51. The normalized spacial score (nSPS) is 18.7. The molecule has 0 spiro atoms. The fraction of sp³-hybridized carbons (Fsp3) is 0.524. The van der Waals surface area contributed by atoms with Gasteiger partial charge in [0.1, 0.15) is 0 Å². The Kier molecular flexibility index (Phi) is 7.90. The third-order valence-corrected chi connectivity index (χ3v) is 4.84. The summed E-state index contributed by atoms with van der Waals surface area (Å²) in [5.41, 5.74) is -1.83. The summed E-state index contributed by atoms with van der Waals surface area (Å²) in [6.45, 7) is 4.63. The van der Waals surface area contributed by atoms with Gasteiger partial charge >= 0.3 is 17.9 Å². The van der Waals surface area contributed by atoms with Gasteiger partial charge in [-0.15, -0.1) is 0 Å². The van der Waals surface area contributed by atoms with Crippen LogP contribution in [-0.4, -0.2) is 55.6 Å². The molecule has 1 aliphatic rings. The molecule has 158 valence electrons. The molecule has 1 aromatic rings. The number of esters is 3. The highest BCUT2D eigenvalue weighted by Crippen LogP contribution is 2.35. The second-order valence-electron chi connectivity index (χ2n) is 6.55. The topological polar surface area (TPSA) is 108 Å². The van der Waals surface area contributed by atoms with Crippen molar-refractivity contribution in [1.82, 2.24) is 5.32 Å². The Hall–Kier alpha value is -2.74. The van der Waals surface area contributed by atoms with Crippen LogP contribution in [0.4, 0.5) is 0 Å². The van der Waals surface area contributed by atoms with Crippen molar-refractivity contribution in [2.75, 3.05) is 19.8 Å². The van der Waals surface area contributed by atoms with Crippen LogP contribution >= 0.6 is 0 Å². The van der Waals surface area contributed by atoms with Crippen LogP contribution in [0.5, 0.6) is 0 Å². The predicted molar refractivity (Wildman–Crippen MR) is 103 cm³/mol. The molecule has 29 heavy (non-hydrogen) atoms. The molecule has 8 heteroatoms. The summed E-state index contributed by atoms with van der Waals surface area (Å²) in [7, 11) is 0. The Morgan fingerprint density at radius 1 is 0.862 bits per heavy atom. The van der Waals surface area contributed by atoms with E-state index in [9.17, 15) is 19.2 Å². The van der Waals surface area contributed by atoms with E-state index in [0.717, 1.165) is 0 Å². The van der Waals surface area contributed by atoms with Gasteiger partial charge in [0.15, 0.2) is 5.78 Å². The van der Waals surface area contributed by atoms with Crippen LogP contribution in [0.2, 0.25) is 0 Å². The number of ketones is 1. The lowest BCUT2D eigenvalue weighted by molar-refractivity contribution is -0.186. The minimum Gasteiger partial charge on any atom is -0.465 e. The average molecular weight is 405 g/mol. The first-order valence-electron chi connectivity index (χ1n) is 9.80. The monoisotopic (exact) mass is 405 g/mol. The molecular formula is C21H27NO7. The lowest BCUT2D eigenvalue weighted by atomic mass is 9.79. The first-order chi connectivity index (χ1) is 13.9. The second-order valence-corrected chi connectivity index (χ2v) is 6.55. The van der Waals surface area contributed by atoms with Crippen LogP contribution in [0.25, 0.3) is 0 Å². The van der Waals surface area contributed by atoms with Crippen LogP contribution in [0.15, 0.2) is 30.3 Å². The number of nitrogens with one attached hydrogen (secondary N) is 1. The van der Waals surface area contributed by atoms with Gasteiger partial charge in [0.25, 0.3) is 5.41 Å². The van der Waals surface area contributed by atoms with E-state index in [2.05, 4.69) is 5.32 Å². The highest BCUT2D eigenvalue weighted by molar-refractivity contribution is 6.19. The molecule has 0 aromatic heterocycles. The number of hydrogen-bond acceptors (Lipinski definition) is 8. The highest BCUT2D eigenvalue weighted by Gasteiger charge is 2.64. The Bertz CT molecular complexity index is 701. The number of rotatable bonds is 9. The molecule has 1 N–H and O–H groups in total. The summed E-state index contributed by atoms with van der Waals surface area (Å²) < 4.78 is 15.2. The van der Waals surface area contributed by atoms with Crippen molar-refractivity contribution in [2.24, 2.45) is 5.41 Å². The zero-order chi connectivity index (χ0) is 21.4. The highest BCUT2D eigenvalue weighted by atomic mass is 16.6. The molecule has 1 aromatic carbocycles. The van der Waals surface area contributed by atoms with E-state index in [1.165, 1.54) is 0 Å². The molecule has 1 fully saturated rings. The summed E-state index contributed by atoms with van der Waals surface area (Å²) in [4.78, 5) is 51.4. The van der Waals surface area contributed by atoms with Gasteiger partial charge in [-0.25, -0.2) is 0 Å². The summed E-state index contributed by atoms with van der Waals surface area (Å²) in [5, 5.41) is 3.00. The third kappa shape index (κ3) is 4.48. The molecule has 1 saturated heterocycles. The molecule has 0 radical (unpaired) electrons. The molecule has 0 aliphatic carbocycles. The second kappa shape index (κ2) is 10.2. The zero-order valence-corrected chi connectivity index (χ0v) is 16.9. The number of Topliss-reactive ketones (excluding diaryl/α,β-unsaturated/α-hetero) is 1. The van der Waals surface area contributed by atoms with Crippen LogP contribution in [0.3, 0.4) is 0 Å². The summed E-state index contributed by atoms with van der Waals surface area (Å²) in [6, 6.07) is 7.03. The van der Waals surface area contributed by atoms with E-state index in [0.29, 0.717) is 12.0 Å². The smallest absolute Gasteiger partial charge is 0.336 e. The van der Waals surface area contributed by atoms with Crippen molar-refractivity contribution in [3.63, 3.8) is 0 Å². The van der Waals surface area contributed by atoms with E-state index in [1.807, 2.05) is 0 Å². The third-order valence-electron chi connectivity index (χ3n) is 4.84. The van der Waals surface area contributed by atoms with Crippen molar-refractivity contribution in [3.05, 3.63) is 35.9 Å². The van der Waals surface area contributed by atoms with Crippen molar-refractivity contribution in [1.29, 1.82) is 0 Å². The molecule has 2 atom stereocenters. The Labute approximate surface area is 169 Å². The number of benzene rings is 1. The largest absolute Gasteiger partial charge is 0.465 e. The van der Waals surface area contributed by atoms with Crippen LogP contribution < -0.4 is 5.32 Å². The van der Waals surface area contributed by atoms with Crippen molar-refractivity contribution in [2.45, 2.75) is 45.7 Å². The SMILES string of the molecule is CCOC(=O)C(C(=O)OCC)(C(=O)OCC)C1CCC(C(=O)c2ccccc2)N1. The van der Waals surface area contributed by atoms with E-state index >= 15 is 0 Å². The Morgan fingerprint density at radius 2 is 1.34 bits per heavy atom. The Balaban J connectivity index is 2.40. The summed E-state index contributed by atoms with van der Waals surface area (Å²) in [5.74, 6) is -3.30. The molecule has 0 amide bonds. The number of ether oxygens (including phenoxy) is 3. The maximum Gasteiger partial charge on any atom is 0.336 e. The van der Waals surface area contributed by atoms with E-state index in [4.69, 9.17) is 14.2 Å². The average Bonchev–Trinajstić information content (AvgIpc) is 3.19. The van der Waals surface area contributed by atoms with E-state index < -0.39 is 35.4 Å². The van der Waals surface area contributed by atoms with Gasteiger partial charge in [-0.1, -0.05) is 30.3 Å². The van der Waals surface area contributed by atoms with Gasteiger partial charge in [-0.3, -0.25) is 19.2 Å². The summed E-state index contributed by atoms with van der Waals surface area (Å²) >= 11 is 0. The number of carbonyl (C=O) groups excluding carboxylic acids is 4. The van der Waals surface area contributed by atoms with Crippen molar-refractivity contribution >= 4 is 23.7 Å². The van der Waals surface area contributed by atoms with E-state index in [1.54, 1.807) is 51.1 Å². The van der Waals surface area contributed by atoms with Crippen LogP contribution in [0.1, 0.15) is 44.0 Å². The van der Waals surface area contributed by atoms with Crippen molar-refractivity contribution in [3.8, 4) is 0 Å². The molecule has 2 unspecified atom stereocenters. The van der Waals surface area contributed by atoms with Crippen molar-refractivity contribution < 1.29 is 33.4 Å². The van der Waals surface area contributed by atoms with Crippen LogP contribution in [0, 0.1) is 5.41 Å². The molecular weight excluding hydrogens is 378 g/mol. The Morgan fingerprint density at radius 3 is 1.79 bits per heavy atom. The first-order valence-corrected chi connectivity index (χ1v) is 9.80. The molecule has 0 saturated carbocycles. The standard InChI is InChI=1S/C21H27NO7/c1-4-27-18(24)21(19(25)28-5-2,20(26)29-6-3)16-13-12-15(22-16)17(23)14-10-8-7-9-11-14/h7-11,15-16,22H,4-6,12-13H2,1-3H3. The van der Waals surface area contributed by atoms with Gasteiger partial charge in [-0.2, -0.15) is 0 Å². The molecule has 2 rings (SSSR count). The predicted octanol–water partition coefficient (Wildman–Crippen LogP) is 1.67. The van der Waals surface area contributed by atoms with Gasteiger partial charge in [0.2, 0.25) is 0 Å². The molecule has 0 bridgehead atoms. The molecule has 8 nitrogen and oxygen atoms in total. The zero-order valence-electron chi connectivity index (χ0n) is 16.9. The minimum absolute atomic E-state index is 0.0293. The maximum atomic E-state index is 12.9. The lowest BCUT2D eigenvalue weighted by Crippen LogP contribution is -2.61. The van der Waals surface area contributed by atoms with Gasteiger partial charge < -0.3 is 19.5 Å². The van der Waals surface area contributed by atoms with Gasteiger partial charge in [0, 0.05) is 11.6 Å². The quantitative estimate of drug-likeness (QED) is 0.286. The van der Waals surface area contributed by atoms with Gasteiger partial charge in [-0.05, 0) is 33.6 Å². The number of carbonyl (C=O) groups is 4. The van der Waals surface area contributed by atoms with Crippen LogP contribution in [-0.2, 0) is 28.6 Å². The maximum absolute atomic E-state index is 12.9. The van der Waals surface area contributed by atoms with E-state index in [-0.39, 0.29) is 32.0 Å². The van der Waals surface area contributed by atoms with Gasteiger partial charge in [0.05, 0.1) is 25.9 Å². The summed E-state index contributed by atoms with van der Waals surface area (Å²) in [6.07, 6.45) is 0.568. The number of hydrogen-bond donors (Lipinski definition) is 1. The fourth-order valence-corrected chi connectivity index (χ4v) is 3.51. The molecule has 1 heterocycles. The molecule has 1 aliphatic heterocycles. The lowest BCUT2D eigenvalue weighted by Gasteiger charge is -2.32. The minimum atomic E-state index is -2.33.